The summed E-state index contributed by atoms with van der Waals surface area (Å²) in [7, 11) is 0. The van der Waals surface area contributed by atoms with Gasteiger partial charge in [0.15, 0.2) is 17.5 Å². The number of benzene rings is 10. The van der Waals surface area contributed by atoms with Crippen LogP contribution in [0.2, 0.25) is 0 Å². The van der Waals surface area contributed by atoms with Crippen LogP contribution in [0, 0.1) is 0 Å². The zero-order valence-electron chi connectivity index (χ0n) is 33.0. The van der Waals surface area contributed by atoms with Gasteiger partial charge in [0.05, 0.1) is 5.41 Å². The van der Waals surface area contributed by atoms with Crippen molar-refractivity contribution in [3.05, 3.63) is 235 Å². The lowest BCUT2D eigenvalue weighted by Gasteiger charge is -2.32. The van der Waals surface area contributed by atoms with Gasteiger partial charge in [-0.25, -0.2) is 15.0 Å². The molecule has 2 aliphatic carbocycles. The van der Waals surface area contributed by atoms with Crippen molar-refractivity contribution in [1.82, 2.24) is 15.0 Å². The summed E-state index contributed by atoms with van der Waals surface area (Å²) in [6.45, 7) is 0. The molecule has 13 rings (SSSR count). The molecule has 11 aromatic rings. The monoisotopic (exact) mass is 773 g/mol. The Bertz CT molecular complexity index is 3540. The van der Waals surface area contributed by atoms with Gasteiger partial charge in [-0.15, -0.1) is 0 Å². The minimum absolute atomic E-state index is 0.559. The van der Waals surface area contributed by atoms with Crippen molar-refractivity contribution in [1.29, 1.82) is 0 Å². The molecule has 1 unspecified atom stereocenters. The Balaban J connectivity index is 1.14. The first kappa shape index (κ1) is 33.9. The zero-order valence-corrected chi connectivity index (χ0v) is 33.0. The van der Waals surface area contributed by atoms with Gasteiger partial charge in [0.2, 0.25) is 0 Å². The van der Waals surface area contributed by atoms with E-state index in [1.807, 2.05) is 36.4 Å². The smallest absolute Gasteiger partial charge is 0.164 e. The maximum atomic E-state index is 5.27. The van der Waals surface area contributed by atoms with Gasteiger partial charge in [-0.2, -0.15) is 0 Å². The first-order chi connectivity index (χ1) is 30.3. The molecule has 0 aliphatic heterocycles. The Labute approximate surface area is 353 Å². The first-order valence-corrected chi connectivity index (χ1v) is 20.9. The standard InChI is InChI=1S/C58H35N3/c1-3-18-37(19-4-1)55-59-56(38-20-5-2-6-21-38)61-57(60-55)48-34-31-36-17-7-8-22-40(36)52(48)39-32-33-44-43-25-13-15-29-49(43)58(51(44)35-39)50-30-16-14-28-47(50)53-45-26-11-9-23-41(45)42-24-10-12-27-46(42)54(53)58/h1-35H. The molecule has 1 spiro atoms. The molecule has 3 heteroatoms. The van der Waals surface area contributed by atoms with Crippen LogP contribution < -0.4 is 0 Å². The molecule has 0 N–H and O–H groups in total. The lowest BCUT2D eigenvalue weighted by Crippen LogP contribution is -2.26. The number of fused-ring (bicyclic) bond motifs is 16. The van der Waals surface area contributed by atoms with E-state index in [1.165, 1.54) is 66.1 Å². The topological polar surface area (TPSA) is 38.7 Å². The van der Waals surface area contributed by atoms with Crippen LogP contribution in [0.15, 0.2) is 212 Å². The average Bonchev–Trinajstić information content (AvgIpc) is 3.82. The Morgan fingerprint density at radius 1 is 0.279 bits per heavy atom. The molecule has 2 aliphatic rings. The summed E-state index contributed by atoms with van der Waals surface area (Å²) >= 11 is 0. The van der Waals surface area contributed by atoms with Crippen molar-refractivity contribution in [3.8, 4) is 67.5 Å². The van der Waals surface area contributed by atoms with Crippen molar-refractivity contribution in [2.24, 2.45) is 0 Å². The summed E-state index contributed by atoms with van der Waals surface area (Å²) in [5, 5.41) is 7.45. The Morgan fingerprint density at radius 3 is 1.48 bits per heavy atom. The third-order valence-corrected chi connectivity index (χ3v) is 13.1. The number of nitrogens with zero attached hydrogens (tertiary/aromatic N) is 3. The molecular formula is C58H35N3. The van der Waals surface area contributed by atoms with Gasteiger partial charge >= 0.3 is 0 Å². The number of hydrogen-bond donors (Lipinski definition) is 0. The SMILES string of the molecule is c1ccc(-c2nc(-c3ccccc3)nc(-c3ccc4ccccc4c3-c3ccc4c(c3)C3(c5ccccc5-4)c4ccccc4-c4c3c3ccccc3c3ccccc43)n2)cc1. The van der Waals surface area contributed by atoms with E-state index in [1.54, 1.807) is 0 Å². The first-order valence-electron chi connectivity index (χ1n) is 20.9. The summed E-state index contributed by atoms with van der Waals surface area (Å²) in [4.78, 5) is 15.6. The fourth-order valence-electron chi connectivity index (χ4n) is 10.7. The van der Waals surface area contributed by atoms with E-state index >= 15 is 0 Å². The van der Waals surface area contributed by atoms with Crippen LogP contribution in [0.25, 0.3) is 99.9 Å². The second kappa shape index (κ2) is 13.0. The lowest BCUT2D eigenvalue weighted by molar-refractivity contribution is 0.802. The van der Waals surface area contributed by atoms with E-state index < -0.39 is 5.41 Å². The zero-order chi connectivity index (χ0) is 40.1. The van der Waals surface area contributed by atoms with Crippen LogP contribution in [0.4, 0.5) is 0 Å². The largest absolute Gasteiger partial charge is 0.208 e. The van der Waals surface area contributed by atoms with Gasteiger partial charge < -0.3 is 0 Å². The van der Waals surface area contributed by atoms with Crippen molar-refractivity contribution < 1.29 is 0 Å². The lowest BCUT2D eigenvalue weighted by atomic mass is 9.68. The molecule has 0 fully saturated rings. The number of rotatable bonds is 4. The highest BCUT2D eigenvalue weighted by Crippen LogP contribution is 2.65. The molecule has 0 saturated carbocycles. The third-order valence-electron chi connectivity index (χ3n) is 13.1. The maximum absolute atomic E-state index is 5.27. The Kier molecular flexibility index (Phi) is 7.22. The van der Waals surface area contributed by atoms with Crippen LogP contribution in [-0.2, 0) is 5.41 Å². The van der Waals surface area contributed by atoms with Gasteiger partial charge in [0.1, 0.15) is 0 Å². The summed E-state index contributed by atoms with van der Waals surface area (Å²) in [6, 6.07) is 77.0. The van der Waals surface area contributed by atoms with Crippen molar-refractivity contribution in [2.45, 2.75) is 5.41 Å². The molecular weight excluding hydrogens is 739 g/mol. The second-order valence-corrected chi connectivity index (χ2v) is 16.2. The van der Waals surface area contributed by atoms with Crippen LogP contribution in [0.1, 0.15) is 22.3 Å². The molecule has 0 bridgehead atoms. The van der Waals surface area contributed by atoms with E-state index in [4.69, 9.17) is 15.0 Å². The molecule has 61 heavy (non-hydrogen) atoms. The fourth-order valence-corrected chi connectivity index (χ4v) is 10.7. The van der Waals surface area contributed by atoms with Crippen LogP contribution in [-0.4, -0.2) is 15.0 Å². The van der Waals surface area contributed by atoms with E-state index in [9.17, 15) is 0 Å². The highest BCUT2D eigenvalue weighted by atomic mass is 15.0. The molecule has 10 aromatic carbocycles. The molecule has 1 aromatic heterocycles. The predicted molar refractivity (Wildman–Crippen MR) is 250 cm³/mol. The highest BCUT2D eigenvalue weighted by Gasteiger charge is 2.53. The van der Waals surface area contributed by atoms with Crippen LogP contribution >= 0.6 is 0 Å². The highest BCUT2D eigenvalue weighted by molar-refractivity contribution is 6.20. The minimum Gasteiger partial charge on any atom is -0.208 e. The Morgan fingerprint density at radius 2 is 0.770 bits per heavy atom. The normalized spacial score (nSPS) is 14.6. The molecule has 0 saturated heterocycles. The van der Waals surface area contributed by atoms with Gasteiger partial charge in [-0.05, 0) is 94.5 Å². The summed E-state index contributed by atoms with van der Waals surface area (Å²) in [5.74, 6) is 1.93. The van der Waals surface area contributed by atoms with Gasteiger partial charge in [-0.1, -0.05) is 200 Å². The number of hydrogen-bond acceptors (Lipinski definition) is 3. The Hall–Kier alpha value is -8.01. The van der Waals surface area contributed by atoms with E-state index in [2.05, 4.69) is 176 Å². The second-order valence-electron chi connectivity index (χ2n) is 16.2. The average molecular weight is 774 g/mol. The quantitative estimate of drug-likeness (QED) is 0.167. The summed E-state index contributed by atoms with van der Waals surface area (Å²) < 4.78 is 0. The number of aromatic nitrogens is 3. The summed E-state index contributed by atoms with van der Waals surface area (Å²) in [5.41, 5.74) is 15.0. The van der Waals surface area contributed by atoms with Crippen LogP contribution in [0.5, 0.6) is 0 Å². The molecule has 0 radical (unpaired) electrons. The van der Waals surface area contributed by atoms with E-state index in [0.717, 1.165) is 38.6 Å². The molecule has 0 amide bonds. The van der Waals surface area contributed by atoms with E-state index in [-0.39, 0.29) is 0 Å². The van der Waals surface area contributed by atoms with Gasteiger partial charge in [0.25, 0.3) is 0 Å². The molecule has 1 atom stereocenters. The van der Waals surface area contributed by atoms with E-state index in [0.29, 0.717) is 17.5 Å². The summed E-state index contributed by atoms with van der Waals surface area (Å²) in [6.07, 6.45) is 0. The molecule has 1 heterocycles. The van der Waals surface area contributed by atoms with Gasteiger partial charge in [-0.3, -0.25) is 0 Å². The minimum atomic E-state index is -0.559. The fraction of sp³-hybridized carbons (Fsp3) is 0.0172. The molecule has 282 valence electrons. The van der Waals surface area contributed by atoms with Crippen molar-refractivity contribution in [3.63, 3.8) is 0 Å². The predicted octanol–water partition coefficient (Wildman–Crippen LogP) is 14.3. The third kappa shape index (κ3) is 4.77. The van der Waals surface area contributed by atoms with Crippen molar-refractivity contribution >= 4 is 32.3 Å². The van der Waals surface area contributed by atoms with Gasteiger partial charge in [0, 0.05) is 22.3 Å². The molecule has 3 nitrogen and oxygen atoms in total. The van der Waals surface area contributed by atoms with Crippen molar-refractivity contribution in [2.75, 3.05) is 0 Å². The van der Waals surface area contributed by atoms with Crippen LogP contribution in [0.3, 0.4) is 0 Å². The maximum Gasteiger partial charge on any atom is 0.164 e.